The molecule has 0 spiro atoms. The predicted octanol–water partition coefficient (Wildman–Crippen LogP) is 3.02. The molecule has 20 heavy (non-hydrogen) atoms. The van der Waals surface area contributed by atoms with Crippen LogP contribution in [0, 0.1) is 5.92 Å². The summed E-state index contributed by atoms with van der Waals surface area (Å²) >= 11 is 0. The molecule has 0 aliphatic carbocycles. The van der Waals surface area contributed by atoms with Crippen molar-refractivity contribution < 1.29 is 0 Å². The lowest BCUT2D eigenvalue weighted by molar-refractivity contribution is 0.0720. The first-order chi connectivity index (χ1) is 9.90. The maximum atomic E-state index is 3.82. The third-order valence-corrected chi connectivity index (χ3v) is 5.09. The van der Waals surface area contributed by atoms with Crippen LogP contribution < -0.4 is 5.32 Å². The monoisotopic (exact) mass is 266 g/mol. The Morgan fingerprint density at radius 1 is 1.00 bits per heavy atom. The van der Waals surface area contributed by atoms with E-state index in [0.29, 0.717) is 6.04 Å². The minimum absolute atomic E-state index is 0.691. The van der Waals surface area contributed by atoms with Crippen molar-refractivity contribution in [1.82, 2.24) is 10.2 Å². The molecule has 1 atom stereocenters. The summed E-state index contributed by atoms with van der Waals surface area (Å²) in [6.45, 7) is 4.88. The van der Waals surface area contributed by atoms with Gasteiger partial charge in [-0.1, -0.05) is 42.5 Å². The zero-order chi connectivity index (χ0) is 13.4. The molecule has 2 heteroatoms. The van der Waals surface area contributed by atoms with E-state index in [4.69, 9.17) is 0 Å². The van der Waals surface area contributed by atoms with Gasteiger partial charge in [0.25, 0.3) is 0 Å². The first-order valence-corrected chi connectivity index (χ1v) is 7.82. The largest absolute Gasteiger partial charge is 0.308 e. The number of fused-ring (bicyclic) bond motifs is 4. The molecule has 0 radical (unpaired) electrons. The van der Waals surface area contributed by atoms with Gasteiger partial charge in [-0.05, 0) is 48.2 Å². The molecule has 5 rings (SSSR count). The Bertz CT molecular complexity index is 594. The van der Waals surface area contributed by atoms with Gasteiger partial charge in [-0.3, -0.25) is 0 Å². The van der Waals surface area contributed by atoms with Gasteiger partial charge < -0.3 is 10.2 Å². The van der Waals surface area contributed by atoms with Gasteiger partial charge in [0.05, 0.1) is 0 Å². The standard InChI is InChI=1S/C18H22N2/c1-2-7-17-14(4-1)5-3-6-16(17)12-19-18-13-20-10-8-15(18)9-11-20/h1-7,15,18-19H,8-13H2/t18-/m0/s1. The van der Waals surface area contributed by atoms with Crippen molar-refractivity contribution in [1.29, 1.82) is 0 Å². The van der Waals surface area contributed by atoms with Crippen LogP contribution in [-0.2, 0) is 6.54 Å². The summed E-state index contributed by atoms with van der Waals surface area (Å²) in [6.07, 6.45) is 2.76. The lowest BCUT2D eigenvalue weighted by Crippen LogP contribution is -2.55. The van der Waals surface area contributed by atoms with Crippen molar-refractivity contribution in [2.75, 3.05) is 19.6 Å². The zero-order valence-corrected chi connectivity index (χ0v) is 11.9. The average molecular weight is 266 g/mol. The number of rotatable bonds is 3. The van der Waals surface area contributed by atoms with Gasteiger partial charge in [-0.25, -0.2) is 0 Å². The minimum Gasteiger partial charge on any atom is -0.308 e. The van der Waals surface area contributed by atoms with E-state index in [1.807, 2.05) is 0 Å². The van der Waals surface area contributed by atoms with Crippen LogP contribution in [0.2, 0.25) is 0 Å². The fraction of sp³-hybridized carbons (Fsp3) is 0.444. The topological polar surface area (TPSA) is 15.3 Å². The molecule has 0 amide bonds. The highest BCUT2D eigenvalue weighted by molar-refractivity contribution is 5.85. The van der Waals surface area contributed by atoms with Crippen LogP contribution in [0.1, 0.15) is 18.4 Å². The highest BCUT2D eigenvalue weighted by Crippen LogP contribution is 2.28. The molecule has 3 saturated heterocycles. The van der Waals surface area contributed by atoms with E-state index in [9.17, 15) is 0 Å². The zero-order valence-electron chi connectivity index (χ0n) is 11.9. The molecule has 2 aromatic rings. The van der Waals surface area contributed by atoms with Crippen molar-refractivity contribution in [3.63, 3.8) is 0 Å². The lowest BCUT2D eigenvalue weighted by atomic mass is 9.84. The van der Waals surface area contributed by atoms with Crippen molar-refractivity contribution in [2.45, 2.75) is 25.4 Å². The molecule has 0 aromatic heterocycles. The molecular formula is C18H22N2. The van der Waals surface area contributed by atoms with Gasteiger partial charge >= 0.3 is 0 Å². The van der Waals surface area contributed by atoms with Crippen LogP contribution in [0.15, 0.2) is 42.5 Å². The smallest absolute Gasteiger partial charge is 0.0227 e. The van der Waals surface area contributed by atoms with Gasteiger partial charge in [-0.15, -0.1) is 0 Å². The number of benzene rings is 2. The molecule has 2 aromatic carbocycles. The summed E-state index contributed by atoms with van der Waals surface area (Å²) in [5.41, 5.74) is 1.43. The Morgan fingerprint density at radius 3 is 2.60 bits per heavy atom. The van der Waals surface area contributed by atoms with Crippen molar-refractivity contribution in [2.24, 2.45) is 5.92 Å². The number of nitrogens with one attached hydrogen (secondary N) is 1. The maximum Gasteiger partial charge on any atom is 0.0227 e. The molecule has 3 fully saturated rings. The summed E-state index contributed by atoms with van der Waals surface area (Å²) in [4.78, 5) is 2.61. The van der Waals surface area contributed by atoms with Gasteiger partial charge in [0, 0.05) is 19.1 Å². The molecule has 1 N–H and O–H groups in total. The van der Waals surface area contributed by atoms with Crippen LogP contribution in [-0.4, -0.2) is 30.6 Å². The van der Waals surface area contributed by atoms with Crippen LogP contribution in [0.5, 0.6) is 0 Å². The summed E-state index contributed by atoms with van der Waals surface area (Å²) in [5.74, 6) is 0.898. The van der Waals surface area contributed by atoms with Crippen LogP contribution in [0.25, 0.3) is 10.8 Å². The third kappa shape index (κ3) is 2.23. The van der Waals surface area contributed by atoms with E-state index in [1.165, 1.54) is 48.8 Å². The molecule has 0 unspecified atom stereocenters. The summed E-state index contributed by atoms with van der Waals surface area (Å²) < 4.78 is 0. The van der Waals surface area contributed by atoms with E-state index in [-0.39, 0.29) is 0 Å². The van der Waals surface area contributed by atoms with E-state index in [2.05, 4.69) is 52.7 Å². The molecule has 3 heterocycles. The Hall–Kier alpha value is -1.38. The van der Waals surface area contributed by atoms with Crippen molar-refractivity contribution in [3.05, 3.63) is 48.0 Å². The van der Waals surface area contributed by atoms with Crippen LogP contribution in [0.3, 0.4) is 0 Å². The van der Waals surface area contributed by atoms with Gasteiger partial charge in [-0.2, -0.15) is 0 Å². The first kappa shape index (κ1) is 12.4. The third-order valence-electron chi connectivity index (χ3n) is 5.09. The second-order valence-electron chi connectivity index (χ2n) is 6.26. The second-order valence-corrected chi connectivity index (χ2v) is 6.26. The molecule has 3 aliphatic rings. The maximum absolute atomic E-state index is 3.82. The normalized spacial score (nSPS) is 28.9. The Morgan fingerprint density at radius 2 is 1.80 bits per heavy atom. The molecule has 2 nitrogen and oxygen atoms in total. The van der Waals surface area contributed by atoms with E-state index in [1.54, 1.807) is 0 Å². The van der Waals surface area contributed by atoms with Gasteiger partial charge in [0.15, 0.2) is 0 Å². The molecule has 0 saturated carbocycles. The SMILES string of the molecule is c1ccc2c(CN[C@H]3CN4CCC3CC4)cccc2c1. The Kier molecular flexibility index (Phi) is 3.21. The van der Waals surface area contributed by atoms with Crippen molar-refractivity contribution >= 4 is 10.8 Å². The fourth-order valence-corrected chi connectivity index (χ4v) is 3.88. The number of nitrogens with zero attached hydrogens (tertiary/aromatic N) is 1. The summed E-state index contributed by atoms with van der Waals surface area (Å²) in [7, 11) is 0. The number of hydrogen-bond donors (Lipinski definition) is 1. The van der Waals surface area contributed by atoms with E-state index in [0.717, 1.165) is 12.5 Å². The van der Waals surface area contributed by atoms with Crippen molar-refractivity contribution in [3.8, 4) is 0 Å². The number of piperidine rings is 3. The summed E-state index contributed by atoms with van der Waals surface area (Å²) in [5, 5.41) is 6.56. The fourth-order valence-electron chi connectivity index (χ4n) is 3.88. The minimum atomic E-state index is 0.691. The second kappa shape index (κ2) is 5.19. The molecular weight excluding hydrogens is 244 g/mol. The Labute approximate surface area is 120 Å². The van der Waals surface area contributed by atoms with Gasteiger partial charge in [0.1, 0.15) is 0 Å². The van der Waals surface area contributed by atoms with Crippen LogP contribution >= 0.6 is 0 Å². The first-order valence-electron chi connectivity index (χ1n) is 7.82. The highest BCUT2D eigenvalue weighted by atomic mass is 15.2. The molecule has 2 bridgehead atoms. The average Bonchev–Trinajstić information content (AvgIpc) is 2.54. The Balaban J connectivity index is 1.51. The van der Waals surface area contributed by atoms with Gasteiger partial charge in [0.2, 0.25) is 0 Å². The molecule has 104 valence electrons. The van der Waals surface area contributed by atoms with E-state index < -0.39 is 0 Å². The summed E-state index contributed by atoms with van der Waals surface area (Å²) in [6, 6.07) is 16.0. The van der Waals surface area contributed by atoms with E-state index >= 15 is 0 Å². The predicted molar refractivity (Wildman–Crippen MR) is 83.7 cm³/mol. The number of hydrogen-bond acceptors (Lipinski definition) is 2. The van der Waals surface area contributed by atoms with Crippen LogP contribution in [0.4, 0.5) is 0 Å². The highest BCUT2D eigenvalue weighted by Gasteiger charge is 2.33. The quantitative estimate of drug-likeness (QED) is 0.918. The lowest BCUT2D eigenvalue weighted by Gasteiger charge is -2.45. The molecule has 3 aliphatic heterocycles.